The van der Waals surface area contributed by atoms with Gasteiger partial charge in [0.1, 0.15) is 18.8 Å². The summed E-state index contributed by atoms with van der Waals surface area (Å²) in [6.45, 7) is 4.83. The molecule has 0 unspecified atom stereocenters. The van der Waals surface area contributed by atoms with E-state index in [9.17, 15) is 24.5 Å². The second-order valence-electron chi connectivity index (χ2n) is 10.3. The third kappa shape index (κ3) is 7.73. The van der Waals surface area contributed by atoms with Gasteiger partial charge in [-0.15, -0.1) is 0 Å². The van der Waals surface area contributed by atoms with Gasteiger partial charge in [-0.2, -0.15) is 0 Å². The number of nitro benzene ring substituents is 1. The Morgan fingerprint density at radius 1 is 0.792 bits per heavy atom. The Morgan fingerprint density at radius 3 is 2.17 bits per heavy atom. The van der Waals surface area contributed by atoms with Crippen molar-refractivity contribution in [2.24, 2.45) is 0 Å². The summed E-state index contributed by atoms with van der Waals surface area (Å²) < 4.78 is 23.7. The number of amides is 4. The molecule has 13 heteroatoms. The van der Waals surface area contributed by atoms with Gasteiger partial charge in [-0.05, 0) is 73.0 Å². The second-order valence-corrected chi connectivity index (χ2v) is 10.7. The van der Waals surface area contributed by atoms with Crippen molar-refractivity contribution in [2.45, 2.75) is 27.1 Å². The Hall–Kier alpha value is -5.88. The van der Waals surface area contributed by atoms with E-state index in [-0.39, 0.29) is 46.7 Å². The van der Waals surface area contributed by atoms with Gasteiger partial charge in [0, 0.05) is 12.1 Å². The predicted octanol–water partition coefficient (Wildman–Crippen LogP) is 6.87. The van der Waals surface area contributed by atoms with E-state index in [4.69, 9.17) is 30.5 Å². The monoisotopic (exact) mass is 671 g/mol. The van der Waals surface area contributed by atoms with Crippen molar-refractivity contribution in [1.82, 2.24) is 5.32 Å². The minimum absolute atomic E-state index is 0.0431. The van der Waals surface area contributed by atoms with Crippen LogP contribution in [0.1, 0.15) is 30.5 Å². The molecule has 1 heterocycles. The van der Waals surface area contributed by atoms with Crippen LogP contribution in [0.25, 0.3) is 6.08 Å². The molecule has 48 heavy (non-hydrogen) atoms. The van der Waals surface area contributed by atoms with E-state index in [1.165, 1.54) is 24.3 Å². The number of imide groups is 2. The Bertz CT molecular complexity index is 1880. The Morgan fingerprint density at radius 2 is 1.48 bits per heavy atom. The fourth-order valence-corrected chi connectivity index (χ4v) is 5.05. The molecule has 4 aromatic rings. The summed E-state index contributed by atoms with van der Waals surface area (Å²) in [7, 11) is 0. The maximum absolute atomic E-state index is 13.3. The minimum atomic E-state index is -0.990. The summed E-state index contributed by atoms with van der Waals surface area (Å²) in [5.74, 6) is -0.191. The van der Waals surface area contributed by atoms with Crippen LogP contribution in [-0.2, 0) is 22.8 Å². The van der Waals surface area contributed by atoms with Crippen molar-refractivity contribution in [3.63, 3.8) is 0 Å². The molecule has 1 N–H and O–H groups in total. The molecule has 1 saturated heterocycles. The first kappa shape index (κ1) is 33.5. The van der Waals surface area contributed by atoms with Gasteiger partial charge in [0.2, 0.25) is 0 Å². The van der Waals surface area contributed by atoms with Gasteiger partial charge >= 0.3 is 6.03 Å². The number of anilines is 1. The number of ether oxygens (including phenoxy) is 4. The Labute approximate surface area is 280 Å². The highest BCUT2D eigenvalue weighted by atomic mass is 35.5. The van der Waals surface area contributed by atoms with Gasteiger partial charge in [-0.25, -0.2) is 9.69 Å². The lowest BCUT2D eigenvalue weighted by Gasteiger charge is -2.26. The highest BCUT2D eigenvalue weighted by Crippen LogP contribution is 2.39. The standard InChI is InChI=1S/C35H30ClN3O9/c1-3-45-30-18-23(10-15-29(30)47-20-22-8-6-5-7-9-22)21-48-32-28(36)17-24(19-31(32)46-4-2)16-27-33(40)37-35(42)38(34(27)41)25-11-13-26(14-12-25)39(43)44/h5-19H,3-4,20-21H2,1-2H3,(H,37,40,42)/b27-16-. The number of benzene rings is 4. The first-order valence-electron chi connectivity index (χ1n) is 14.9. The summed E-state index contributed by atoms with van der Waals surface area (Å²) in [5.41, 5.74) is 1.57. The number of non-ortho nitro benzene ring substituents is 1. The van der Waals surface area contributed by atoms with Crippen molar-refractivity contribution in [2.75, 3.05) is 18.1 Å². The van der Waals surface area contributed by atoms with Crippen molar-refractivity contribution < 1.29 is 38.3 Å². The molecule has 1 aliphatic heterocycles. The molecular weight excluding hydrogens is 642 g/mol. The number of halogens is 1. The lowest BCUT2D eigenvalue weighted by atomic mass is 10.1. The number of hydrogen-bond donors (Lipinski definition) is 1. The van der Waals surface area contributed by atoms with Gasteiger partial charge < -0.3 is 18.9 Å². The summed E-state index contributed by atoms with van der Waals surface area (Å²) in [5, 5.41) is 13.3. The van der Waals surface area contributed by atoms with Crippen LogP contribution in [0.15, 0.2) is 90.5 Å². The first-order chi connectivity index (χ1) is 23.2. The molecule has 12 nitrogen and oxygen atoms in total. The highest BCUT2D eigenvalue weighted by Gasteiger charge is 2.37. The van der Waals surface area contributed by atoms with Crippen LogP contribution < -0.4 is 29.2 Å². The number of nitrogens with one attached hydrogen (secondary N) is 1. The van der Waals surface area contributed by atoms with E-state index in [0.29, 0.717) is 35.2 Å². The zero-order valence-electron chi connectivity index (χ0n) is 25.9. The maximum Gasteiger partial charge on any atom is 0.335 e. The van der Waals surface area contributed by atoms with Crippen LogP contribution in [0.3, 0.4) is 0 Å². The molecule has 1 fully saturated rings. The average Bonchev–Trinajstić information content (AvgIpc) is 3.07. The number of rotatable bonds is 13. The first-order valence-corrected chi connectivity index (χ1v) is 15.2. The lowest BCUT2D eigenvalue weighted by molar-refractivity contribution is -0.384. The topological polar surface area (TPSA) is 147 Å². The molecule has 0 spiro atoms. The van der Waals surface area contributed by atoms with Crippen LogP contribution in [0, 0.1) is 10.1 Å². The molecule has 0 aromatic heterocycles. The van der Waals surface area contributed by atoms with Crippen LogP contribution in [0.4, 0.5) is 16.2 Å². The van der Waals surface area contributed by atoms with E-state index in [2.05, 4.69) is 5.32 Å². The summed E-state index contributed by atoms with van der Waals surface area (Å²) in [6, 6.07) is 22.1. The molecule has 0 saturated carbocycles. The number of hydrogen-bond acceptors (Lipinski definition) is 9. The van der Waals surface area contributed by atoms with Gasteiger partial charge in [0.15, 0.2) is 23.0 Å². The fourth-order valence-electron chi connectivity index (χ4n) is 4.78. The summed E-state index contributed by atoms with van der Waals surface area (Å²) in [4.78, 5) is 49.8. The smallest absolute Gasteiger partial charge is 0.335 e. The SMILES string of the molecule is CCOc1cc(COc2c(Cl)cc(/C=C3/C(=O)NC(=O)N(c4ccc([N+](=O)[O-])cc4)C3=O)cc2OCC)ccc1OCc1ccccc1. The third-order valence-corrected chi connectivity index (χ3v) is 7.27. The Balaban J connectivity index is 1.36. The van der Waals surface area contributed by atoms with E-state index >= 15 is 0 Å². The quantitative estimate of drug-likeness (QED) is 0.0696. The molecule has 5 rings (SSSR count). The molecule has 0 bridgehead atoms. The number of nitro groups is 1. The molecular formula is C35H30ClN3O9. The van der Waals surface area contributed by atoms with E-state index in [1.807, 2.05) is 55.5 Å². The number of carbonyl (C=O) groups is 3. The van der Waals surface area contributed by atoms with Crippen molar-refractivity contribution in [3.05, 3.63) is 122 Å². The number of urea groups is 1. The number of nitrogens with zero attached hydrogens (tertiary/aromatic N) is 2. The molecule has 4 amide bonds. The molecule has 0 atom stereocenters. The van der Waals surface area contributed by atoms with Crippen molar-refractivity contribution in [1.29, 1.82) is 0 Å². The van der Waals surface area contributed by atoms with Crippen LogP contribution >= 0.6 is 11.6 Å². The minimum Gasteiger partial charge on any atom is -0.490 e. The third-order valence-electron chi connectivity index (χ3n) is 6.99. The fraction of sp³-hybridized carbons (Fsp3) is 0.171. The number of carbonyl (C=O) groups excluding carboxylic acids is 3. The Kier molecular flexibility index (Phi) is 10.6. The van der Waals surface area contributed by atoms with E-state index < -0.39 is 22.8 Å². The molecule has 246 valence electrons. The molecule has 4 aromatic carbocycles. The summed E-state index contributed by atoms with van der Waals surface area (Å²) >= 11 is 6.64. The predicted molar refractivity (Wildman–Crippen MR) is 177 cm³/mol. The van der Waals surface area contributed by atoms with E-state index in [1.54, 1.807) is 13.0 Å². The molecule has 1 aliphatic rings. The zero-order valence-corrected chi connectivity index (χ0v) is 26.7. The van der Waals surface area contributed by atoms with E-state index in [0.717, 1.165) is 23.3 Å². The molecule has 0 radical (unpaired) electrons. The van der Waals surface area contributed by atoms with Crippen LogP contribution in [-0.4, -0.2) is 36.0 Å². The van der Waals surface area contributed by atoms with Crippen LogP contribution in [0.2, 0.25) is 5.02 Å². The van der Waals surface area contributed by atoms with Gasteiger partial charge in [-0.1, -0.05) is 48.0 Å². The largest absolute Gasteiger partial charge is 0.490 e. The normalized spacial score (nSPS) is 13.7. The van der Waals surface area contributed by atoms with Crippen molar-refractivity contribution >= 4 is 46.9 Å². The van der Waals surface area contributed by atoms with Gasteiger partial charge in [-0.3, -0.25) is 25.0 Å². The second kappa shape index (κ2) is 15.1. The van der Waals surface area contributed by atoms with Gasteiger partial charge in [0.25, 0.3) is 17.5 Å². The zero-order chi connectivity index (χ0) is 34.2. The highest BCUT2D eigenvalue weighted by molar-refractivity contribution is 6.39. The number of barbiturate groups is 1. The summed E-state index contributed by atoms with van der Waals surface area (Å²) in [6.07, 6.45) is 1.27. The average molecular weight is 672 g/mol. The maximum atomic E-state index is 13.3. The van der Waals surface area contributed by atoms with Gasteiger partial charge in [0.05, 0.1) is 28.8 Å². The van der Waals surface area contributed by atoms with Crippen LogP contribution in [0.5, 0.6) is 23.0 Å². The lowest BCUT2D eigenvalue weighted by Crippen LogP contribution is -2.54. The van der Waals surface area contributed by atoms with Crippen molar-refractivity contribution in [3.8, 4) is 23.0 Å². The molecule has 0 aliphatic carbocycles.